The summed E-state index contributed by atoms with van der Waals surface area (Å²) in [6.07, 6.45) is 1.66. The van der Waals surface area contributed by atoms with E-state index in [9.17, 15) is 14.4 Å². The lowest BCUT2D eigenvalue weighted by Crippen LogP contribution is -2.46. The number of carbonyl (C=O) groups excluding carboxylic acids is 1. The Morgan fingerprint density at radius 1 is 1.32 bits per heavy atom. The van der Waals surface area contributed by atoms with Gasteiger partial charge in [0, 0.05) is 38.1 Å². The van der Waals surface area contributed by atoms with Crippen LogP contribution in [0.25, 0.3) is 0 Å². The Kier molecular flexibility index (Phi) is 5.08. The second kappa shape index (κ2) is 7.26. The van der Waals surface area contributed by atoms with E-state index in [0.29, 0.717) is 18.9 Å². The summed E-state index contributed by atoms with van der Waals surface area (Å²) in [6.45, 7) is 1.78. The molecule has 3 heterocycles. The molecule has 1 saturated heterocycles. The molecule has 0 aromatic carbocycles. The zero-order valence-electron chi connectivity index (χ0n) is 14.4. The second-order valence-corrected chi connectivity index (χ2v) is 7.36. The van der Waals surface area contributed by atoms with Crippen LogP contribution in [0.2, 0.25) is 0 Å². The van der Waals surface area contributed by atoms with Gasteiger partial charge in [-0.2, -0.15) is 0 Å². The molecule has 1 aliphatic heterocycles. The first kappa shape index (κ1) is 17.5. The summed E-state index contributed by atoms with van der Waals surface area (Å²) in [4.78, 5) is 39.6. The van der Waals surface area contributed by atoms with Gasteiger partial charge in [0.1, 0.15) is 5.82 Å². The van der Waals surface area contributed by atoms with Crippen molar-refractivity contribution in [3.8, 4) is 0 Å². The van der Waals surface area contributed by atoms with E-state index in [1.54, 1.807) is 18.4 Å². The minimum atomic E-state index is -0.355. The average Bonchev–Trinajstić information content (AvgIpc) is 3.14. The number of hydrogen-bond donors (Lipinski definition) is 1. The number of anilines is 1. The molecule has 1 aliphatic rings. The van der Waals surface area contributed by atoms with Crippen LogP contribution in [0.5, 0.6) is 0 Å². The molecule has 8 heteroatoms. The highest BCUT2D eigenvalue weighted by Gasteiger charge is 2.27. The van der Waals surface area contributed by atoms with Crippen molar-refractivity contribution in [2.24, 2.45) is 20.0 Å². The van der Waals surface area contributed by atoms with Gasteiger partial charge >= 0.3 is 5.69 Å². The number of piperidine rings is 1. The van der Waals surface area contributed by atoms with Gasteiger partial charge in [-0.25, -0.2) is 4.79 Å². The molecule has 1 N–H and O–H groups in total. The number of hydrogen-bond acceptors (Lipinski definition) is 5. The molecule has 2 aromatic heterocycles. The molecule has 2 aromatic rings. The zero-order chi connectivity index (χ0) is 18.0. The maximum absolute atomic E-state index is 12.5. The Morgan fingerprint density at radius 2 is 2.12 bits per heavy atom. The number of thiophene rings is 1. The molecular weight excluding hydrogens is 340 g/mol. The summed E-state index contributed by atoms with van der Waals surface area (Å²) < 4.78 is 2.55. The highest BCUT2D eigenvalue weighted by atomic mass is 32.1. The highest BCUT2D eigenvalue weighted by molar-refractivity contribution is 7.09. The Labute approximate surface area is 149 Å². The van der Waals surface area contributed by atoms with E-state index in [1.165, 1.54) is 17.7 Å². The lowest BCUT2D eigenvalue weighted by atomic mass is 9.97. The van der Waals surface area contributed by atoms with E-state index in [2.05, 4.69) is 5.32 Å². The molecule has 0 aliphatic carbocycles. The van der Waals surface area contributed by atoms with E-state index >= 15 is 0 Å². The minimum absolute atomic E-state index is 0.0203. The molecule has 25 heavy (non-hydrogen) atoms. The van der Waals surface area contributed by atoms with Crippen LogP contribution in [-0.4, -0.2) is 28.1 Å². The van der Waals surface area contributed by atoms with E-state index in [1.807, 2.05) is 22.4 Å². The number of rotatable bonds is 4. The molecule has 0 spiro atoms. The normalized spacial score (nSPS) is 17.5. The van der Waals surface area contributed by atoms with Gasteiger partial charge < -0.3 is 10.2 Å². The van der Waals surface area contributed by atoms with E-state index < -0.39 is 0 Å². The Balaban J connectivity index is 1.72. The standard InChI is InChI=1S/C17H22N4O3S/c1-19-14(9-15(22)20(2)17(19)24)21-7-3-5-12(11-21)16(23)18-10-13-6-4-8-25-13/h4,6,8-9,12H,3,5,7,10-11H2,1-2H3,(H,18,23). The molecule has 0 saturated carbocycles. The Morgan fingerprint density at radius 3 is 2.84 bits per heavy atom. The van der Waals surface area contributed by atoms with Crippen LogP contribution in [0.4, 0.5) is 5.82 Å². The maximum atomic E-state index is 12.5. The Bertz CT molecular complexity index is 869. The molecule has 1 atom stereocenters. The van der Waals surface area contributed by atoms with Crippen molar-refractivity contribution in [1.29, 1.82) is 0 Å². The van der Waals surface area contributed by atoms with E-state index in [0.717, 1.165) is 28.8 Å². The third-order valence-corrected chi connectivity index (χ3v) is 5.51. The van der Waals surface area contributed by atoms with Gasteiger partial charge in [-0.05, 0) is 24.3 Å². The summed E-state index contributed by atoms with van der Waals surface area (Å²) in [5.74, 6) is 0.448. The molecule has 134 valence electrons. The van der Waals surface area contributed by atoms with Crippen molar-refractivity contribution in [1.82, 2.24) is 14.5 Å². The smallest absolute Gasteiger partial charge is 0.332 e. The van der Waals surface area contributed by atoms with Gasteiger partial charge in [0.2, 0.25) is 5.91 Å². The van der Waals surface area contributed by atoms with Gasteiger partial charge in [0.25, 0.3) is 5.56 Å². The van der Waals surface area contributed by atoms with Crippen LogP contribution < -0.4 is 21.5 Å². The van der Waals surface area contributed by atoms with Gasteiger partial charge in [-0.15, -0.1) is 11.3 Å². The summed E-state index contributed by atoms with van der Waals surface area (Å²) in [5.41, 5.74) is -0.686. The van der Waals surface area contributed by atoms with Crippen LogP contribution in [0.3, 0.4) is 0 Å². The number of aromatic nitrogens is 2. The summed E-state index contributed by atoms with van der Waals surface area (Å²) in [6, 6.07) is 5.42. The van der Waals surface area contributed by atoms with Gasteiger partial charge in [0.15, 0.2) is 0 Å². The van der Waals surface area contributed by atoms with Crippen LogP contribution in [0, 0.1) is 5.92 Å². The molecule has 0 radical (unpaired) electrons. The number of amides is 1. The first-order valence-electron chi connectivity index (χ1n) is 8.29. The fraction of sp³-hybridized carbons (Fsp3) is 0.471. The number of nitrogens with one attached hydrogen (secondary N) is 1. The lowest BCUT2D eigenvalue weighted by Gasteiger charge is -2.34. The van der Waals surface area contributed by atoms with Crippen molar-refractivity contribution < 1.29 is 4.79 Å². The molecule has 1 amide bonds. The minimum Gasteiger partial charge on any atom is -0.357 e. The van der Waals surface area contributed by atoms with Crippen LogP contribution in [0.1, 0.15) is 17.7 Å². The largest absolute Gasteiger partial charge is 0.357 e. The fourth-order valence-corrected chi connectivity index (χ4v) is 3.80. The summed E-state index contributed by atoms with van der Waals surface area (Å²) >= 11 is 1.62. The van der Waals surface area contributed by atoms with Crippen molar-refractivity contribution in [2.75, 3.05) is 18.0 Å². The second-order valence-electron chi connectivity index (χ2n) is 6.32. The van der Waals surface area contributed by atoms with Gasteiger partial charge in [-0.3, -0.25) is 18.7 Å². The zero-order valence-corrected chi connectivity index (χ0v) is 15.2. The third kappa shape index (κ3) is 3.68. The molecular formula is C17H22N4O3S. The van der Waals surface area contributed by atoms with Gasteiger partial charge in [-0.1, -0.05) is 6.07 Å². The monoisotopic (exact) mass is 362 g/mol. The highest BCUT2D eigenvalue weighted by Crippen LogP contribution is 2.21. The van der Waals surface area contributed by atoms with E-state index in [-0.39, 0.29) is 23.1 Å². The molecule has 3 rings (SSSR count). The third-order valence-electron chi connectivity index (χ3n) is 4.63. The van der Waals surface area contributed by atoms with Crippen molar-refractivity contribution in [2.45, 2.75) is 19.4 Å². The summed E-state index contributed by atoms with van der Waals surface area (Å²) in [5, 5.41) is 4.97. The average molecular weight is 362 g/mol. The first-order valence-corrected chi connectivity index (χ1v) is 9.17. The predicted molar refractivity (Wildman–Crippen MR) is 98.0 cm³/mol. The van der Waals surface area contributed by atoms with Crippen molar-refractivity contribution in [3.05, 3.63) is 49.3 Å². The van der Waals surface area contributed by atoms with Crippen molar-refractivity contribution >= 4 is 23.1 Å². The Hall–Kier alpha value is -2.35. The molecule has 0 bridgehead atoms. The van der Waals surface area contributed by atoms with Crippen LogP contribution in [0.15, 0.2) is 33.2 Å². The molecule has 7 nitrogen and oxygen atoms in total. The fourth-order valence-electron chi connectivity index (χ4n) is 3.16. The summed E-state index contributed by atoms with van der Waals surface area (Å²) in [7, 11) is 3.11. The molecule has 1 unspecified atom stereocenters. The van der Waals surface area contributed by atoms with Gasteiger partial charge in [0.05, 0.1) is 12.5 Å². The molecule has 1 fully saturated rings. The predicted octanol–water partition coefficient (Wildman–Crippen LogP) is 0.678. The number of nitrogens with zero attached hydrogens (tertiary/aromatic N) is 3. The topological polar surface area (TPSA) is 76.3 Å². The van der Waals surface area contributed by atoms with E-state index in [4.69, 9.17) is 0 Å². The van der Waals surface area contributed by atoms with Crippen LogP contribution >= 0.6 is 11.3 Å². The van der Waals surface area contributed by atoms with Crippen molar-refractivity contribution in [3.63, 3.8) is 0 Å². The SMILES string of the molecule is Cn1c(N2CCCC(C(=O)NCc3cccs3)C2)cc(=O)n(C)c1=O. The lowest BCUT2D eigenvalue weighted by molar-refractivity contribution is -0.125. The number of carbonyl (C=O) groups is 1. The quantitative estimate of drug-likeness (QED) is 0.868. The maximum Gasteiger partial charge on any atom is 0.332 e. The van der Waals surface area contributed by atoms with Crippen LogP contribution in [-0.2, 0) is 25.4 Å². The first-order chi connectivity index (χ1) is 12.0.